The van der Waals surface area contributed by atoms with E-state index < -0.39 is 0 Å². The molecule has 0 saturated heterocycles. The lowest BCUT2D eigenvalue weighted by Gasteiger charge is -2.19. The Hall–Kier alpha value is -2.21. The lowest BCUT2D eigenvalue weighted by molar-refractivity contribution is -0.151. The summed E-state index contributed by atoms with van der Waals surface area (Å²) in [6.45, 7) is 0.187. The van der Waals surface area contributed by atoms with Crippen molar-refractivity contribution in [1.29, 1.82) is 0 Å². The summed E-state index contributed by atoms with van der Waals surface area (Å²) in [5, 5.41) is 18.6. The van der Waals surface area contributed by atoms with Crippen molar-refractivity contribution in [1.82, 2.24) is 15.3 Å². The second-order valence-electron chi connectivity index (χ2n) is 6.51. The van der Waals surface area contributed by atoms with E-state index in [0.717, 1.165) is 12.0 Å². The van der Waals surface area contributed by atoms with Crippen molar-refractivity contribution in [3.05, 3.63) is 47.7 Å². The van der Waals surface area contributed by atoms with E-state index in [1.165, 1.54) is 25.7 Å². The Morgan fingerprint density at radius 2 is 2.00 bits per heavy atom. The van der Waals surface area contributed by atoms with Gasteiger partial charge in [0.2, 0.25) is 18.2 Å². The van der Waals surface area contributed by atoms with Crippen LogP contribution in [0.5, 0.6) is 0 Å². The molecule has 1 fully saturated rings. The molecule has 1 saturated carbocycles. The molecular weight excluding hydrogens is 306 g/mol. The Balaban J connectivity index is 1.70. The maximum Gasteiger partial charge on any atom is 0.233 e. The van der Waals surface area contributed by atoms with Gasteiger partial charge in [-0.05, 0) is 17.9 Å². The predicted molar refractivity (Wildman–Crippen MR) is 87.4 cm³/mol. The van der Waals surface area contributed by atoms with Gasteiger partial charge in [-0.2, -0.15) is 0 Å². The lowest BCUT2D eigenvalue weighted by Crippen LogP contribution is -2.25. The molecule has 6 heteroatoms. The van der Waals surface area contributed by atoms with Crippen LogP contribution in [0.3, 0.4) is 0 Å². The SMILES string of the molecule is O=CN(O)CC(CC1CCCC1)c1nnc(Cc2ccccc2)o1. The molecular formula is C18H23N3O3. The summed E-state index contributed by atoms with van der Waals surface area (Å²) in [4.78, 5) is 10.8. The Morgan fingerprint density at radius 1 is 1.25 bits per heavy atom. The van der Waals surface area contributed by atoms with Crippen molar-refractivity contribution in [2.45, 2.75) is 44.4 Å². The van der Waals surface area contributed by atoms with E-state index >= 15 is 0 Å². The fourth-order valence-corrected chi connectivity index (χ4v) is 3.44. The largest absolute Gasteiger partial charge is 0.425 e. The molecule has 1 heterocycles. The van der Waals surface area contributed by atoms with Gasteiger partial charge in [0.05, 0.1) is 18.9 Å². The number of hydrogen-bond acceptors (Lipinski definition) is 5. The highest BCUT2D eigenvalue weighted by Gasteiger charge is 2.26. The van der Waals surface area contributed by atoms with E-state index in [9.17, 15) is 10.0 Å². The maximum absolute atomic E-state index is 10.8. The molecule has 0 aliphatic heterocycles. The van der Waals surface area contributed by atoms with Crippen LogP contribution in [0.4, 0.5) is 0 Å². The smallest absolute Gasteiger partial charge is 0.233 e. The highest BCUT2D eigenvalue weighted by molar-refractivity contribution is 5.44. The van der Waals surface area contributed by atoms with Gasteiger partial charge >= 0.3 is 0 Å². The zero-order valence-electron chi connectivity index (χ0n) is 13.7. The minimum absolute atomic E-state index is 0.125. The van der Waals surface area contributed by atoms with Gasteiger partial charge < -0.3 is 4.42 Å². The minimum atomic E-state index is -0.125. The molecule has 1 amide bonds. The van der Waals surface area contributed by atoms with Gasteiger partial charge in [-0.15, -0.1) is 10.2 Å². The van der Waals surface area contributed by atoms with Gasteiger partial charge in [-0.1, -0.05) is 56.0 Å². The van der Waals surface area contributed by atoms with Crippen LogP contribution in [0, 0.1) is 5.92 Å². The van der Waals surface area contributed by atoms with E-state index in [1.54, 1.807) is 0 Å². The Labute approximate surface area is 141 Å². The first kappa shape index (κ1) is 16.6. The highest BCUT2D eigenvalue weighted by atomic mass is 16.5. The van der Waals surface area contributed by atoms with Gasteiger partial charge in [0.15, 0.2) is 0 Å². The first-order valence-corrected chi connectivity index (χ1v) is 8.51. The standard InChI is InChI=1S/C18H23N3O3/c22-13-21(23)12-16(10-14-8-4-5-9-14)18-20-19-17(24-18)11-15-6-2-1-3-7-15/h1-3,6-7,13-14,16,23H,4-5,8-12H2. The Kier molecular flexibility index (Phi) is 5.59. The number of hydrogen-bond donors (Lipinski definition) is 1. The lowest BCUT2D eigenvalue weighted by atomic mass is 9.93. The molecule has 128 valence electrons. The summed E-state index contributed by atoms with van der Waals surface area (Å²) in [5.74, 6) is 1.54. The number of rotatable bonds is 8. The van der Waals surface area contributed by atoms with Crippen LogP contribution < -0.4 is 0 Å². The van der Waals surface area contributed by atoms with Crippen LogP contribution in [0.2, 0.25) is 0 Å². The molecule has 2 aromatic rings. The third-order valence-electron chi connectivity index (χ3n) is 4.65. The van der Waals surface area contributed by atoms with Crippen molar-refractivity contribution >= 4 is 6.41 Å². The fourth-order valence-electron chi connectivity index (χ4n) is 3.44. The number of amides is 1. The third-order valence-corrected chi connectivity index (χ3v) is 4.65. The zero-order valence-corrected chi connectivity index (χ0v) is 13.7. The molecule has 0 radical (unpaired) electrons. The number of hydroxylamine groups is 2. The van der Waals surface area contributed by atoms with Gasteiger partial charge in [-0.3, -0.25) is 10.0 Å². The summed E-state index contributed by atoms with van der Waals surface area (Å²) < 4.78 is 5.83. The van der Waals surface area contributed by atoms with Gasteiger partial charge in [0.25, 0.3) is 0 Å². The second kappa shape index (κ2) is 8.06. The third kappa shape index (κ3) is 4.41. The van der Waals surface area contributed by atoms with Gasteiger partial charge in [-0.25, -0.2) is 5.06 Å². The molecule has 1 aromatic heterocycles. The molecule has 1 aliphatic rings. The van der Waals surface area contributed by atoms with Crippen molar-refractivity contribution < 1.29 is 14.4 Å². The molecule has 1 N–H and O–H groups in total. The van der Waals surface area contributed by atoms with E-state index in [1.807, 2.05) is 30.3 Å². The molecule has 0 spiro atoms. The van der Waals surface area contributed by atoms with Crippen molar-refractivity contribution in [2.24, 2.45) is 5.92 Å². The van der Waals surface area contributed by atoms with Crippen molar-refractivity contribution in [3.63, 3.8) is 0 Å². The molecule has 1 atom stereocenters. The van der Waals surface area contributed by atoms with Gasteiger partial charge in [0, 0.05) is 0 Å². The van der Waals surface area contributed by atoms with Crippen LogP contribution in [-0.4, -0.2) is 33.4 Å². The Morgan fingerprint density at radius 3 is 2.71 bits per heavy atom. The van der Waals surface area contributed by atoms with Crippen molar-refractivity contribution in [3.8, 4) is 0 Å². The first-order valence-electron chi connectivity index (χ1n) is 8.51. The molecule has 6 nitrogen and oxygen atoms in total. The number of benzene rings is 1. The summed E-state index contributed by atoms with van der Waals surface area (Å²) in [6, 6.07) is 9.95. The molecule has 0 bridgehead atoms. The maximum atomic E-state index is 10.8. The second-order valence-corrected chi connectivity index (χ2v) is 6.51. The monoisotopic (exact) mass is 329 g/mol. The summed E-state index contributed by atoms with van der Waals surface area (Å²) in [5.41, 5.74) is 1.11. The quantitative estimate of drug-likeness (QED) is 0.457. The highest BCUT2D eigenvalue weighted by Crippen LogP contribution is 2.34. The fraction of sp³-hybridized carbons (Fsp3) is 0.500. The van der Waals surface area contributed by atoms with Crippen molar-refractivity contribution in [2.75, 3.05) is 6.54 Å². The molecule has 1 unspecified atom stereocenters. The molecule has 1 aliphatic carbocycles. The van der Waals surface area contributed by atoms with Crippen LogP contribution in [0.25, 0.3) is 0 Å². The topological polar surface area (TPSA) is 79.5 Å². The van der Waals surface area contributed by atoms with E-state index in [-0.39, 0.29) is 12.5 Å². The minimum Gasteiger partial charge on any atom is -0.425 e. The Bertz CT molecular complexity index is 638. The summed E-state index contributed by atoms with van der Waals surface area (Å²) in [7, 11) is 0. The average molecular weight is 329 g/mol. The zero-order chi connectivity index (χ0) is 16.8. The molecule has 24 heavy (non-hydrogen) atoms. The van der Waals surface area contributed by atoms with E-state index in [0.29, 0.717) is 35.6 Å². The van der Waals surface area contributed by atoms with Gasteiger partial charge in [0.1, 0.15) is 0 Å². The van der Waals surface area contributed by atoms with E-state index in [2.05, 4.69) is 10.2 Å². The predicted octanol–water partition coefficient (Wildman–Crippen LogP) is 3.17. The summed E-state index contributed by atoms with van der Waals surface area (Å²) >= 11 is 0. The molecule has 3 rings (SSSR count). The number of aromatic nitrogens is 2. The first-order chi connectivity index (χ1) is 11.7. The average Bonchev–Trinajstić information content (AvgIpc) is 3.27. The number of carbonyl (C=O) groups excluding carboxylic acids is 1. The van der Waals surface area contributed by atoms with Crippen LogP contribution in [0.1, 0.15) is 55.4 Å². The summed E-state index contributed by atoms with van der Waals surface area (Å²) in [6.07, 6.45) is 6.73. The van der Waals surface area contributed by atoms with E-state index in [4.69, 9.17) is 4.42 Å². The molecule has 1 aromatic carbocycles. The van der Waals surface area contributed by atoms with Crippen LogP contribution in [0.15, 0.2) is 34.7 Å². The van der Waals surface area contributed by atoms with Crippen LogP contribution >= 0.6 is 0 Å². The van der Waals surface area contributed by atoms with Crippen LogP contribution in [-0.2, 0) is 11.2 Å². The normalized spacial score (nSPS) is 16.2. The number of carbonyl (C=O) groups is 1. The number of nitrogens with zero attached hydrogens (tertiary/aromatic N) is 3.